The Balaban J connectivity index is 0.00000385. The van der Waals surface area contributed by atoms with Crippen molar-refractivity contribution in [2.24, 2.45) is 4.99 Å². The Morgan fingerprint density at radius 2 is 1.70 bits per heavy atom. The minimum absolute atomic E-state index is 0. The molecule has 10 heteroatoms. The van der Waals surface area contributed by atoms with Gasteiger partial charge < -0.3 is 25.2 Å². The first-order valence-electron chi connectivity index (χ1n) is 10.6. The molecule has 7 nitrogen and oxygen atoms in total. The number of amides is 1. The van der Waals surface area contributed by atoms with Crippen molar-refractivity contribution in [2.45, 2.75) is 19.6 Å². The van der Waals surface area contributed by atoms with Gasteiger partial charge in [-0.25, -0.2) is 0 Å². The fourth-order valence-electron chi connectivity index (χ4n) is 3.56. The molecule has 1 aliphatic rings. The molecule has 0 aromatic heterocycles. The molecule has 0 aliphatic carbocycles. The van der Waals surface area contributed by atoms with E-state index in [4.69, 9.17) is 0 Å². The van der Waals surface area contributed by atoms with Crippen molar-refractivity contribution in [3.63, 3.8) is 0 Å². The van der Waals surface area contributed by atoms with E-state index in [1.165, 1.54) is 11.8 Å². The third-order valence-electron chi connectivity index (χ3n) is 5.24. The van der Waals surface area contributed by atoms with E-state index < -0.39 is 6.61 Å². The van der Waals surface area contributed by atoms with Crippen molar-refractivity contribution >= 4 is 41.5 Å². The summed E-state index contributed by atoms with van der Waals surface area (Å²) in [5, 5.41) is 6.16. The lowest BCUT2D eigenvalue weighted by molar-refractivity contribution is -0.131. The van der Waals surface area contributed by atoms with Gasteiger partial charge in [0.2, 0.25) is 5.91 Å². The number of para-hydroxylation sites is 2. The van der Waals surface area contributed by atoms with Crippen molar-refractivity contribution in [1.82, 2.24) is 15.5 Å². The molecular weight excluding hydrogens is 543 g/mol. The molecule has 33 heavy (non-hydrogen) atoms. The lowest BCUT2D eigenvalue weighted by Crippen LogP contribution is -2.49. The maximum atomic E-state index is 12.6. The smallest absolute Gasteiger partial charge is 0.387 e. The number of carbonyl (C=O) groups is 1. The number of nitrogens with one attached hydrogen (secondary N) is 2. The van der Waals surface area contributed by atoms with Gasteiger partial charge in [0.15, 0.2) is 5.96 Å². The number of piperazine rings is 1. The fraction of sp³-hybridized carbons (Fsp3) is 0.391. The van der Waals surface area contributed by atoms with Crippen molar-refractivity contribution < 1.29 is 18.3 Å². The summed E-state index contributed by atoms with van der Waals surface area (Å²) in [6.07, 6.45) is 0.344. The summed E-state index contributed by atoms with van der Waals surface area (Å²) in [4.78, 5) is 20.8. The summed E-state index contributed by atoms with van der Waals surface area (Å²) >= 11 is 0. The molecule has 0 saturated carbocycles. The van der Waals surface area contributed by atoms with Gasteiger partial charge in [-0.15, -0.1) is 24.0 Å². The van der Waals surface area contributed by atoms with E-state index in [9.17, 15) is 13.6 Å². The number of benzene rings is 2. The van der Waals surface area contributed by atoms with Crippen LogP contribution >= 0.6 is 24.0 Å². The molecule has 0 spiro atoms. The van der Waals surface area contributed by atoms with E-state index in [1.54, 1.807) is 25.2 Å². The Morgan fingerprint density at radius 1 is 1.03 bits per heavy atom. The summed E-state index contributed by atoms with van der Waals surface area (Å²) in [5.74, 6) is 0.699. The van der Waals surface area contributed by atoms with Crippen LogP contribution in [-0.2, 0) is 11.3 Å². The van der Waals surface area contributed by atoms with Crippen LogP contribution in [0.4, 0.5) is 14.5 Å². The summed E-state index contributed by atoms with van der Waals surface area (Å²) in [6, 6.07) is 16.8. The average molecular weight is 573 g/mol. The van der Waals surface area contributed by atoms with E-state index >= 15 is 0 Å². The third kappa shape index (κ3) is 8.34. The number of hydrogen-bond acceptors (Lipinski definition) is 4. The number of alkyl halides is 2. The topological polar surface area (TPSA) is 69.2 Å². The van der Waals surface area contributed by atoms with Crippen molar-refractivity contribution in [3.8, 4) is 5.75 Å². The minimum Gasteiger partial charge on any atom is -0.434 e. The number of anilines is 1. The second kappa shape index (κ2) is 13.8. The van der Waals surface area contributed by atoms with Crippen molar-refractivity contribution in [3.05, 3.63) is 60.2 Å². The highest BCUT2D eigenvalue weighted by Crippen LogP contribution is 2.20. The number of halogens is 3. The summed E-state index contributed by atoms with van der Waals surface area (Å²) in [5.41, 5.74) is 1.76. The number of rotatable bonds is 8. The predicted molar refractivity (Wildman–Crippen MR) is 137 cm³/mol. The van der Waals surface area contributed by atoms with Gasteiger partial charge in [-0.3, -0.25) is 9.79 Å². The largest absolute Gasteiger partial charge is 0.434 e. The van der Waals surface area contributed by atoms with E-state index in [0.29, 0.717) is 37.6 Å². The van der Waals surface area contributed by atoms with Gasteiger partial charge in [0.05, 0.1) is 0 Å². The third-order valence-corrected chi connectivity index (χ3v) is 5.24. The van der Waals surface area contributed by atoms with Crippen molar-refractivity contribution in [1.29, 1.82) is 0 Å². The first-order chi connectivity index (χ1) is 15.6. The molecule has 1 fully saturated rings. The van der Waals surface area contributed by atoms with Crippen LogP contribution in [0.1, 0.15) is 12.0 Å². The Hall–Kier alpha value is -2.63. The highest BCUT2D eigenvalue weighted by atomic mass is 127. The molecule has 1 amide bonds. The van der Waals surface area contributed by atoms with Crippen molar-refractivity contribution in [2.75, 3.05) is 44.7 Å². The number of hydrogen-bond donors (Lipinski definition) is 2. The molecule has 1 heterocycles. The van der Waals surface area contributed by atoms with Crippen LogP contribution < -0.4 is 20.3 Å². The number of carbonyl (C=O) groups excluding carboxylic acids is 1. The van der Waals surface area contributed by atoms with Crippen LogP contribution in [0.25, 0.3) is 0 Å². The fourth-order valence-corrected chi connectivity index (χ4v) is 3.56. The van der Waals surface area contributed by atoms with E-state index in [1.807, 2.05) is 23.1 Å². The zero-order valence-corrected chi connectivity index (χ0v) is 20.9. The molecule has 1 saturated heterocycles. The van der Waals surface area contributed by atoms with Crippen LogP contribution in [0.2, 0.25) is 0 Å². The van der Waals surface area contributed by atoms with E-state index in [0.717, 1.165) is 13.1 Å². The second-order valence-corrected chi connectivity index (χ2v) is 7.29. The van der Waals surface area contributed by atoms with Gasteiger partial charge >= 0.3 is 6.61 Å². The highest BCUT2D eigenvalue weighted by molar-refractivity contribution is 14.0. The summed E-state index contributed by atoms with van der Waals surface area (Å²) in [6.45, 7) is 0.821. The Bertz CT molecular complexity index is 893. The van der Waals surface area contributed by atoms with Gasteiger partial charge in [-0.2, -0.15) is 8.78 Å². The first kappa shape index (κ1) is 26.6. The van der Waals surface area contributed by atoms with E-state index in [2.05, 4.69) is 37.4 Å². The molecule has 0 unspecified atom stereocenters. The molecule has 2 aromatic rings. The number of nitrogens with zero attached hydrogens (tertiary/aromatic N) is 3. The summed E-state index contributed by atoms with van der Waals surface area (Å²) < 4.78 is 29.6. The predicted octanol–water partition coefficient (Wildman–Crippen LogP) is 3.31. The van der Waals surface area contributed by atoms with Gasteiger partial charge in [0.1, 0.15) is 5.75 Å². The lowest BCUT2D eigenvalue weighted by atomic mass is 10.2. The Kier molecular flexibility index (Phi) is 11.1. The molecule has 1 aliphatic heterocycles. The van der Waals surface area contributed by atoms with Crippen LogP contribution in [0.15, 0.2) is 59.6 Å². The van der Waals surface area contributed by atoms with Crippen LogP contribution in [0, 0.1) is 0 Å². The van der Waals surface area contributed by atoms with E-state index in [-0.39, 0.29) is 42.2 Å². The van der Waals surface area contributed by atoms with Crippen LogP contribution in [-0.4, -0.2) is 63.1 Å². The molecular formula is C23H30F2IN5O2. The quantitative estimate of drug-likeness (QED) is 0.288. The number of aliphatic imine (C=N–C) groups is 1. The van der Waals surface area contributed by atoms with Gasteiger partial charge in [0, 0.05) is 64.0 Å². The molecule has 0 atom stereocenters. The zero-order chi connectivity index (χ0) is 22.8. The van der Waals surface area contributed by atoms with Crippen LogP contribution in [0.3, 0.4) is 0 Å². The molecule has 0 radical (unpaired) electrons. The molecule has 2 N–H and O–H groups in total. The SMILES string of the molecule is CN=C(NCCC(=O)N1CCN(c2ccccc2)CC1)NCc1ccccc1OC(F)F.I. The number of ether oxygens (including phenoxy) is 1. The molecule has 3 rings (SSSR count). The Labute approximate surface area is 210 Å². The maximum absolute atomic E-state index is 12.6. The monoisotopic (exact) mass is 573 g/mol. The highest BCUT2D eigenvalue weighted by Gasteiger charge is 2.21. The Morgan fingerprint density at radius 3 is 2.36 bits per heavy atom. The lowest BCUT2D eigenvalue weighted by Gasteiger charge is -2.36. The maximum Gasteiger partial charge on any atom is 0.387 e. The van der Waals surface area contributed by atoms with Crippen LogP contribution in [0.5, 0.6) is 5.75 Å². The molecule has 2 aromatic carbocycles. The standard InChI is InChI=1S/C23H29F2N5O2.HI/c1-26-23(28-17-18-7-5-6-10-20(18)32-22(24)25)27-12-11-21(31)30-15-13-29(14-16-30)19-8-3-2-4-9-19;/h2-10,22H,11-17H2,1H3,(H2,26,27,28);1H. The zero-order valence-electron chi connectivity index (χ0n) is 18.5. The van der Waals surface area contributed by atoms with Gasteiger partial charge in [0.25, 0.3) is 0 Å². The number of guanidine groups is 1. The first-order valence-corrected chi connectivity index (χ1v) is 10.6. The van der Waals surface area contributed by atoms with Gasteiger partial charge in [-0.1, -0.05) is 36.4 Å². The molecule has 0 bridgehead atoms. The average Bonchev–Trinajstić information content (AvgIpc) is 2.82. The molecule has 180 valence electrons. The summed E-state index contributed by atoms with van der Waals surface area (Å²) in [7, 11) is 1.61. The normalized spacial score (nSPS) is 14.0. The second-order valence-electron chi connectivity index (χ2n) is 7.29. The van der Waals surface area contributed by atoms with Gasteiger partial charge in [-0.05, 0) is 18.2 Å². The minimum atomic E-state index is -2.88.